The summed E-state index contributed by atoms with van der Waals surface area (Å²) in [6.45, 7) is 0.241. The average molecular weight is 335 g/mol. The molecule has 1 heterocycles. The van der Waals surface area contributed by atoms with Crippen molar-refractivity contribution in [3.8, 4) is 11.5 Å². The lowest BCUT2D eigenvalue weighted by Crippen LogP contribution is -2.15. The maximum atomic E-state index is 12.3. The molecular formula is C20H17NO4. The van der Waals surface area contributed by atoms with E-state index in [1.54, 1.807) is 12.1 Å². The zero-order chi connectivity index (χ0) is 17.2. The highest BCUT2D eigenvalue weighted by atomic mass is 16.7. The van der Waals surface area contributed by atoms with E-state index in [4.69, 9.17) is 9.47 Å². The van der Waals surface area contributed by atoms with Crippen LogP contribution in [0, 0.1) is 0 Å². The van der Waals surface area contributed by atoms with Gasteiger partial charge in [-0.25, -0.2) is 0 Å². The molecule has 0 atom stereocenters. The highest BCUT2D eigenvalue weighted by Crippen LogP contribution is 2.33. The molecule has 0 spiro atoms. The van der Waals surface area contributed by atoms with Crippen molar-refractivity contribution in [2.75, 3.05) is 12.1 Å². The number of aryl methyl sites for hydroxylation is 1. The lowest BCUT2D eigenvalue weighted by Gasteiger charge is -2.15. The maximum absolute atomic E-state index is 12.3. The molecule has 1 aliphatic heterocycles. The predicted molar refractivity (Wildman–Crippen MR) is 93.9 cm³/mol. The van der Waals surface area contributed by atoms with Gasteiger partial charge in [-0.05, 0) is 30.2 Å². The van der Waals surface area contributed by atoms with Crippen LogP contribution in [0.25, 0.3) is 6.08 Å². The number of allylic oxidation sites excluding steroid dienone is 1. The van der Waals surface area contributed by atoms with Gasteiger partial charge in [-0.3, -0.25) is 9.59 Å². The maximum Gasteiger partial charge on any atom is 0.231 e. The third-order valence-corrected chi connectivity index (χ3v) is 4.35. The van der Waals surface area contributed by atoms with Crippen molar-refractivity contribution in [3.63, 3.8) is 0 Å². The molecule has 25 heavy (non-hydrogen) atoms. The van der Waals surface area contributed by atoms with Crippen LogP contribution < -0.4 is 14.8 Å². The monoisotopic (exact) mass is 335 g/mol. The average Bonchev–Trinajstić information content (AvgIpc) is 3.09. The van der Waals surface area contributed by atoms with Crippen molar-refractivity contribution >= 4 is 23.5 Å². The minimum absolute atomic E-state index is 0.0777. The van der Waals surface area contributed by atoms with Crippen LogP contribution in [-0.2, 0) is 11.2 Å². The third kappa shape index (κ3) is 3.13. The number of fused-ring (bicyclic) bond motifs is 2. The number of rotatable bonds is 4. The molecule has 0 radical (unpaired) electrons. The summed E-state index contributed by atoms with van der Waals surface area (Å²) >= 11 is 0. The van der Waals surface area contributed by atoms with E-state index in [1.807, 2.05) is 36.4 Å². The number of amides is 1. The Hall–Kier alpha value is -3.08. The summed E-state index contributed by atoms with van der Waals surface area (Å²) in [4.78, 5) is 24.3. The molecule has 2 aliphatic rings. The molecule has 0 saturated carbocycles. The highest BCUT2D eigenvalue weighted by molar-refractivity contribution is 6.06. The molecule has 0 unspecified atom stereocenters. The van der Waals surface area contributed by atoms with Crippen LogP contribution in [0.1, 0.15) is 34.3 Å². The fourth-order valence-corrected chi connectivity index (χ4v) is 3.06. The fourth-order valence-electron chi connectivity index (χ4n) is 3.06. The number of ketones is 1. The first kappa shape index (κ1) is 15.4. The summed E-state index contributed by atoms with van der Waals surface area (Å²) < 4.78 is 10.6. The van der Waals surface area contributed by atoms with E-state index < -0.39 is 0 Å². The number of carbonyl (C=O) groups excluding carboxylic acids is 2. The standard InChI is InChI=1S/C20H17NO4/c22-17-6-2-3-14-15(17)4-1-5-16(14)21-20(23)10-8-13-7-9-18-19(11-13)25-12-24-18/h1-5,7,9,11H,6,8,10,12H2,(H,21,23). The summed E-state index contributed by atoms with van der Waals surface area (Å²) in [6.07, 6.45) is 5.08. The Morgan fingerprint density at radius 3 is 2.92 bits per heavy atom. The van der Waals surface area contributed by atoms with Crippen molar-refractivity contribution < 1.29 is 19.1 Å². The van der Waals surface area contributed by atoms with Crippen LogP contribution >= 0.6 is 0 Å². The van der Waals surface area contributed by atoms with Gasteiger partial charge >= 0.3 is 0 Å². The molecule has 4 rings (SSSR count). The Morgan fingerprint density at radius 1 is 1.12 bits per heavy atom. The van der Waals surface area contributed by atoms with Crippen molar-refractivity contribution in [3.05, 3.63) is 59.2 Å². The van der Waals surface area contributed by atoms with Crippen molar-refractivity contribution in [1.29, 1.82) is 0 Å². The first-order chi connectivity index (χ1) is 12.2. The van der Waals surface area contributed by atoms with Crippen LogP contribution in [-0.4, -0.2) is 18.5 Å². The molecule has 0 fully saturated rings. The zero-order valence-corrected chi connectivity index (χ0v) is 13.6. The molecule has 0 bridgehead atoms. The number of Topliss-reactive ketones (excluding diaryl/α,β-unsaturated/α-hetero) is 1. The van der Waals surface area contributed by atoms with E-state index in [2.05, 4.69) is 5.32 Å². The fraction of sp³-hybridized carbons (Fsp3) is 0.200. The van der Waals surface area contributed by atoms with E-state index in [1.165, 1.54) is 0 Å². The minimum Gasteiger partial charge on any atom is -0.454 e. The second-order valence-corrected chi connectivity index (χ2v) is 6.03. The van der Waals surface area contributed by atoms with Gasteiger partial charge in [0.15, 0.2) is 17.3 Å². The Labute approximate surface area is 145 Å². The minimum atomic E-state index is -0.0857. The number of hydrogen-bond donors (Lipinski definition) is 1. The quantitative estimate of drug-likeness (QED) is 0.927. The Bertz CT molecular complexity index is 885. The van der Waals surface area contributed by atoms with Gasteiger partial charge in [0.25, 0.3) is 0 Å². The summed E-state index contributed by atoms with van der Waals surface area (Å²) in [5, 5.41) is 2.91. The van der Waals surface area contributed by atoms with E-state index in [0.717, 1.165) is 22.6 Å². The third-order valence-electron chi connectivity index (χ3n) is 4.35. The topological polar surface area (TPSA) is 64.6 Å². The van der Waals surface area contributed by atoms with Crippen molar-refractivity contribution in [2.24, 2.45) is 0 Å². The second-order valence-electron chi connectivity index (χ2n) is 6.03. The molecule has 1 aliphatic carbocycles. The lowest BCUT2D eigenvalue weighted by atomic mass is 9.95. The normalized spacial score (nSPS) is 14.3. The molecular weight excluding hydrogens is 318 g/mol. The molecule has 1 amide bonds. The molecule has 1 N–H and O–H groups in total. The van der Waals surface area contributed by atoms with Crippen molar-refractivity contribution in [1.82, 2.24) is 0 Å². The number of anilines is 1. The van der Waals surface area contributed by atoms with E-state index >= 15 is 0 Å². The molecule has 0 saturated heterocycles. The number of nitrogens with one attached hydrogen (secondary N) is 1. The molecule has 5 heteroatoms. The van der Waals surface area contributed by atoms with Gasteiger partial charge in [0.05, 0.1) is 0 Å². The largest absolute Gasteiger partial charge is 0.454 e. The first-order valence-electron chi connectivity index (χ1n) is 8.22. The number of carbonyl (C=O) groups is 2. The number of ether oxygens (including phenoxy) is 2. The van der Waals surface area contributed by atoms with Gasteiger partial charge in [-0.1, -0.05) is 30.4 Å². The summed E-state index contributed by atoms with van der Waals surface area (Å²) in [6, 6.07) is 11.1. The van der Waals surface area contributed by atoms with Crippen LogP contribution in [0.5, 0.6) is 11.5 Å². The van der Waals surface area contributed by atoms with Gasteiger partial charge in [-0.2, -0.15) is 0 Å². The van der Waals surface area contributed by atoms with Crippen molar-refractivity contribution in [2.45, 2.75) is 19.3 Å². The van der Waals surface area contributed by atoms with Gasteiger partial charge in [0.2, 0.25) is 12.7 Å². The van der Waals surface area contributed by atoms with Gasteiger partial charge in [-0.15, -0.1) is 0 Å². The smallest absolute Gasteiger partial charge is 0.231 e. The molecule has 2 aromatic carbocycles. The van der Waals surface area contributed by atoms with Gasteiger partial charge in [0.1, 0.15) is 0 Å². The zero-order valence-electron chi connectivity index (χ0n) is 13.6. The van der Waals surface area contributed by atoms with Crippen LogP contribution in [0.3, 0.4) is 0 Å². The highest BCUT2D eigenvalue weighted by Gasteiger charge is 2.17. The SMILES string of the molecule is O=C(CCc1ccc2c(c1)OCO2)Nc1cccc2c1C=CCC2=O. The molecule has 126 valence electrons. The number of hydrogen-bond acceptors (Lipinski definition) is 4. The molecule has 0 aromatic heterocycles. The van der Waals surface area contributed by atoms with Gasteiger partial charge < -0.3 is 14.8 Å². The summed E-state index contributed by atoms with van der Waals surface area (Å²) in [5.41, 5.74) is 3.15. The van der Waals surface area contributed by atoms with Gasteiger partial charge in [0, 0.05) is 29.7 Å². The Morgan fingerprint density at radius 2 is 2.00 bits per heavy atom. The molecule has 5 nitrogen and oxygen atoms in total. The van der Waals surface area contributed by atoms with E-state index in [-0.39, 0.29) is 18.5 Å². The lowest BCUT2D eigenvalue weighted by molar-refractivity contribution is -0.116. The Balaban J connectivity index is 1.43. The van der Waals surface area contributed by atoms with Crippen LogP contribution in [0.4, 0.5) is 5.69 Å². The summed E-state index contributed by atoms with van der Waals surface area (Å²) in [5.74, 6) is 1.45. The first-order valence-corrected chi connectivity index (χ1v) is 8.22. The second kappa shape index (κ2) is 6.43. The summed E-state index contributed by atoms with van der Waals surface area (Å²) in [7, 11) is 0. The number of benzene rings is 2. The Kier molecular flexibility index (Phi) is 3.98. The predicted octanol–water partition coefficient (Wildman–Crippen LogP) is 3.59. The van der Waals surface area contributed by atoms with Crippen LogP contribution in [0.2, 0.25) is 0 Å². The van der Waals surface area contributed by atoms with E-state index in [0.29, 0.717) is 30.5 Å². The van der Waals surface area contributed by atoms with E-state index in [9.17, 15) is 9.59 Å². The molecule has 2 aromatic rings. The van der Waals surface area contributed by atoms with Crippen LogP contribution in [0.15, 0.2) is 42.5 Å².